The summed E-state index contributed by atoms with van der Waals surface area (Å²) >= 11 is 1.46. The van der Waals surface area contributed by atoms with Gasteiger partial charge in [-0.1, -0.05) is 17.3 Å². The number of aromatic nitrogens is 3. The quantitative estimate of drug-likeness (QED) is 0.802. The Morgan fingerprint density at radius 2 is 2.19 bits per heavy atom. The van der Waals surface area contributed by atoms with Crippen LogP contribution in [0.3, 0.4) is 0 Å². The molecular weight excluding hydrogens is 288 g/mol. The Kier molecular flexibility index (Phi) is 3.22. The number of nitriles is 1. The van der Waals surface area contributed by atoms with E-state index >= 15 is 0 Å². The first-order valence-corrected chi connectivity index (χ1v) is 6.82. The number of nitrogens with zero attached hydrogens (tertiary/aromatic N) is 4. The minimum atomic E-state index is -1.02. The molecule has 1 N–H and O–H groups in total. The van der Waals surface area contributed by atoms with Crippen LogP contribution >= 0.6 is 11.3 Å². The van der Waals surface area contributed by atoms with Gasteiger partial charge in [0.25, 0.3) is 0 Å². The first-order valence-electron chi connectivity index (χ1n) is 5.94. The fraction of sp³-hybridized carbons (Fsp3) is 0. The maximum atomic E-state index is 11.1. The predicted octanol–water partition coefficient (Wildman–Crippen LogP) is 2.57. The molecule has 0 saturated heterocycles. The Bertz CT molecular complexity index is 846. The summed E-state index contributed by atoms with van der Waals surface area (Å²) in [5.74, 6) is -1.02. The Morgan fingerprint density at radius 3 is 2.86 bits per heavy atom. The molecule has 0 bridgehead atoms. The van der Waals surface area contributed by atoms with Crippen molar-refractivity contribution in [1.82, 2.24) is 15.0 Å². The lowest BCUT2D eigenvalue weighted by Gasteiger charge is -2.05. The highest BCUT2D eigenvalue weighted by atomic mass is 32.1. The molecule has 0 fully saturated rings. The lowest BCUT2D eigenvalue weighted by atomic mass is 10.2. The Labute approximate surface area is 123 Å². The van der Waals surface area contributed by atoms with E-state index in [9.17, 15) is 4.79 Å². The molecule has 0 aliphatic rings. The van der Waals surface area contributed by atoms with E-state index in [0.29, 0.717) is 11.4 Å². The molecule has 3 rings (SSSR count). The number of hydrogen-bond acceptors (Lipinski definition) is 5. The zero-order valence-corrected chi connectivity index (χ0v) is 11.4. The van der Waals surface area contributed by atoms with Crippen LogP contribution in [0.5, 0.6) is 0 Å². The Morgan fingerprint density at radius 1 is 1.33 bits per heavy atom. The molecule has 0 aliphatic carbocycles. The van der Waals surface area contributed by atoms with Gasteiger partial charge in [0.1, 0.15) is 11.8 Å². The van der Waals surface area contributed by atoms with Crippen molar-refractivity contribution in [2.45, 2.75) is 0 Å². The predicted molar refractivity (Wildman–Crippen MR) is 76.3 cm³/mol. The molecule has 21 heavy (non-hydrogen) atoms. The number of aromatic carboxylic acids is 1. The normalized spacial score (nSPS) is 10.2. The van der Waals surface area contributed by atoms with E-state index in [2.05, 4.69) is 10.3 Å². The van der Waals surface area contributed by atoms with E-state index in [4.69, 9.17) is 10.4 Å². The molecule has 0 amide bonds. The second-order valence-corrected chi connectivity index (χ2v) is 5.09. The number of carbonyl (C=O) groups is 1. The van der Waals surface area contributed by atoms with Crippen LogP contribution in [0.15, 0.2) is 41.8 Å². The monoisotopic (exact) mass is 296 g/mol. The van der Waals surface area contributed by atoms with Crippen molar-refractivity contribution < 1.29 is 9.90 Å². The molecule has 2 heterocycles. The number of hydrogen-bond donors (Lipinski definition) is 1. The van der Waals surface area contributed by atoms with Gasteiger partial charge in [-0.2, -0.15) is 5.26 Å². The van der Waals surface area contributed by atoms with E-state index < -0.39 is 5.97 Å². The van der Waals surface area contributed by atoms with Crippen molar-refractivity contribution in [2.24, 2.45) is 0 Å². The standard InChI is InChI=1S/C14H8N4O2S/c15-8-11-13(12-5-2-6-21-12)18(17-16-11)10-4-1-3-9(7-10)14(19)20/h1-7H,(H,19,20). The topological polar surface area (TPSA) is 91.8 Å². The van der Waals surface area contributed by atoms with Crippen LogP contribution in [0.4, 0.5) is 0 Å². The molecule has 1 aromatic carbocycles. The summed E-state index contributed by atoms with van der Waals surface area (Å²) < 4.78 is 1.48. The lowest BCUT2D eigenvalue weighted by Crippen LogP contribution is -2.02. The van der Waals surface area contributed by atoms with Crippen LogP contribution in [0.1, 0.15) is 16.1 Å². The summed E-state index contributed by atoms with van der Waals surface area (Å²) in [4.78, 5) is 11.9. The van der Waals surface area contributed by atoms with Crippen LogP contribution in [-0.4, -0.2) is 26.1 Å². The van der Waals surface area contributed by atoms with Gasteiger partial charge in [0, 0.05) is 0 Å². The number of carboxylic acids is 1. The van der Waals surface area contributed by atoms with Gasteiger partial charge in [0.05, 0.1) is 16.1 Å². The highest BCUT2D eigenvalue weighted by Crippen LogP contribution is 2.28. The van der Waals surface area contributed by atoms with Gasteiger partial charge in [-0.05, 0) is 29.6 Å². The molecule has 0 spiro atoms. The first kappa shape index (κ1) is 13.0. The van der Waals surface area contributed by atoms with Crippen molar-refractivity contribution >= 4 is 17.3 Å². The molecule has 7 heteroatoms. The van der Waals surface area contributed by atoms with Gasteiger partial charge in [0.15, 0.2) is 5.69 Å². The second kappa shape index (κ2) is 5.19. The number of carboxylic acid groups (broad SMARTS) is 1. The van der Waals surface area contributed by atoms with E-state index in [1.54, 1.807) is 12.1 Å². The van der Waals surface area contributed by atoms with Crippen LogP contribution < -0.4 is 0 Å². The number of rotatable bonds is 3. The van der Waals surface area contributed by atoms with Gasteiger partial charge in [-0.15, -0.1) is 16.4 Å². The van der Waals surface area contributed by atoms with Gasteiger partial charge in [0.2, 0.25) is 0 Å². The first-order chi connectivity index (χ1) is 10.2. The summed E-state index contributed by atoms with van der Waals surface area (Å²) in [5.41, 5.74) is 1.47. The zero-order valence-electron chi connectivity index (χ0n) is 10.6. The third-order valence-corrected chi connectivity index (χ3v) is 3.74. The van der Waals surface area contributed by atoms with Gasteiger partial charge in [-0.3, -0.25) is 0 Å². The van der Waals surface area contributed by atoms with Crippen molar-refractivity contribution in [3.8, 4) is 22.3 Å². The van der Waals surface area contributed by atoms with E-state index in [1.165, 1.54) is 28.2 Å². The van der Waals surface area contributed by atoms with E-state index in [0.717, 1.165) is 4.88 Å². The van der Waals surface area contributed by atoms with Gasteiger partial charge in [-0.25, -0.2) is 9.48 Å². The summed E-state index contributed by atoms with van der Waals surface area (Å²) in [5, 5.41) is 27.9. The van der Waals surface area contributed by atoms with Crippen molar-refractivity contribution in [1.29, 1.82) is 5.26 Å². The second-order valence-electron chi connectivity index (χ2n) is 4.14. The van der Waals surface area contributed by atoms with Crippen LogP contribution in [0.2, 0.25) is 0 Å². The minimum absolute atomic E-state index is 0.152. The lowest BCUT2D eigenvalue weighted by molar-refractivity contribution is 0.0697. The number of thiophene rings is 1. The average Bonchev–Trinajstić information content (AvgIpc) is 3.15. The fourth-order valence-corrected chi connectivity index (χ4v) is 2.70. The molecule has 102 valence electrons. The third-order valence-electron chi connectivity index (χ3n) is 2.87. The largest absolute Gasteiger partial charge is 0.478 e. The molecule has 6 nitrogen and oxygen atoms in total. The maximum absolute atomic E-state index is 11.1. The van der Waals surface area contributed by atoms with Crippen LogP contribution in [0, 0.1) is 11.3 Å². The molecule has 0 saturated carbocycles. The Balaban J connectivity index is 2.20. The van der Waals surface area contributed by atoms with Crippen LogP contribution in [-0.2, 0) is 0 Å². The summed E-state index contributed by atoms with van der Waals surface area (Å²) in [7, 11) is 0. The zero-order chi connectivity index (χ0) is 14.8. The highest BCUT2D eigenvalue weighted by Gasteiger charge is 2.17. The third kappa shape index (κ3) is 2.28. The number of benzene rings is 1. The molecule has 3 aromatic rings. The summed E-state index contributed by atoms with van der Waals surface area (Å²) in [6.07, 6.45) is 0. The molecule has 0 aliphatic heterocycles. The Hall–Kier alpha value is -2.98. The van der Waals surface area contributed by atoms with Crippen molar-refractivity contribution in [2.75, 3.05) is 0 Å². The SMILES string of the molecule is N#Cc1nnn(-c2cccc(C(=O)O)c2)c1-c1cccs1. The average molecular weight is 296 g/mol. The molecule has 0 atom stereocenters. The molecule has 2 aromatic heterocycles. The van der Waals surface area contributed by atoms with Gasteiger partial charge < -0.3 is 5.11 Å². The van der Waals surface area contributed by atoms with Crippen molar-refractivity contribution in [3.05, 3.63) is 53.0 Å². The maximum Gasteiger partial charge on any atom is 0.335 e. The molecule has 0 unspecified atom stereocenters. The van der Waals surface area contributed by atoms with Crippen LogP contribution in [0.25, 0.3) is 16.3 Å². The van der Waals surface area contributed by atoms with E-state index in [1.807, 2.05) is 23.6 Å². The van der Waals surface area contributed by atoms with E-state index in [-0.39, 0.29) is 11.3 Å². The smallest absolute Gasteiger partial charge is 0.335 e. The summed E-state index contributed by atoms with van der Waals surface area (Å²) in [6.45, 7) is 0. The fourth-order valence-electron chi connectivity index (χ4n) is 1.94. The molecule has 0 radical (unpaired) electrons. The summed E-state index contributed by atoms with van der Waals surface area (Å²) in [6, 6.07) is 12.1. The highest BCUT2D eigenvalue weighted by molar-refractivity contribution is 7.13. The molecular formula is C14H8N4O2S. The van der Waals surface area contributed by atoms with Gasteiger partial charge >= 0.3 is 5.97 Å². The van der Waals surface area contributed by atoms with Crippen molar-refractivity contribution in [3.63, 3.8) is 0 Å². The minimum Gasteiger partial charge on any atom is -0.478 e.